The zero-order valence-corrected chi connectivity index (χ0v) is 7.44. The van der Waals surface area contributed by atoms with Crippen molar-refractivity contribution in [1.29, 1.82) is 0 Å². The predicted molar refractivity (Wildman–Crippen MR) is 49.5 cm³/mol. The minimum atomic E-state index is 0.0312. The molecule has 0 aromatic carbocycles. The van der Waals surface area contributed by atoms with Crippen molar-refractivity contribution in [3.8, 4) is 0 Å². The largest absolute Gasteiger partial charge is 0.312 e. The van der Waals surface area contributed by atoms with E-state index < -0.39 is 0 Å². The third-order valence-corrected chi connectivity index (χ3v) is 2.37. The molecule has 1 aromatic heterocycles. The molecule has 1 saturated heterocycles. The monoisotopic (exact) mass is 179 g/mol. The molecule has 0 radical (unpaired) electrons. The molecule has 0 bridgehead atoms. The fourth-order valence-electron chi connectivity index (χ4n) is 1.67. The molecular weight excluding hydrogens is 166 g/mol. The van der Waals surface area contributed by atoms with Crippen molar-refractivity contribution in [2.45, 2.75) is 25.4 Å². The molecule has 0 unspecified atom stereocenters. The molecule has 2 heterocycles. The first-order valence-electron chi connectivity index (χ1n) is 4.60. The highest BCUT2D eigenvalue weighted by atomic mass is 16.1. The molecule has 1 aliphatic heterocycles. The van der Waals surface area contributed by atoms with Gasteiger partial charge in [-0.2, -0.15) is 0 Å². The van der Waals surface area contributed by atoms with E-state index >= 15 is 0 Å². The van der Waals surface area contributed by atoms with Gasteiger partial charge in [0.1, 0.15) is 0 Å². The zero-order chi connectivity index (χ0) is 9.10. The van der Waals surface area contributed by atoms with Crippen molar-refractivity contribution < 1.29 is 0 Å². The van der Waals surface area contributed by atoms with Crippen molar-refractivity contribution in [3.05, 3.63) is 28.9 Å². The molecule has 2 rings (SSSR count). The molecular formula is C9H13N3O. The molecule has 1 aliphatic rings. The van der Waals surface area contributed by atoms with Crippen LogP contribution in [-0.2, 0) is 6.54 Å². The average molecular weight is 179 g/mol. The van der Waals surface area contributed by atoms with Crippen LogP contribution in [-0.4, -0.2) is 22.1 Å². The van der Waals surface area contributed by atoms with Crippen LogP contribution in [0.1, 0.15) is 12.8 Å². The standard InChI is InChI=1S/C9H13N3O/c13-9-3-5-10-7-12(9)6-8-2-1-4-11-8/h3,5,7-8,11H,1-2,4,6H2/t8-/m0/s1. The smallest absolute Gasteiger partial charge is 0.253 e. The van der Waals surface area contributed by atoms with Gasteiger partial charge >= 0.3 is 0 Å². The lowest BCUT2D eigenvalue weighted by atomic mass is 10.2. The van der Waals surface area contributed by atoms with Crippen molar-refractivity contribution in [2.75, 3.05) is 6.54 Å². The van der Waals surface area contributed by atoms with E-state index in [9.17, 15) is 4.79 Å². The Balaban J connectivity index is 2.08. The van der Waals surface area contributed by atoms with Crippen LogP contribution in [0.3, 0.4) is 0 Å². The normalized spacial score (nSPS) is 22.0. The summed E-state index contributed by atoms with van der Waals surface area (Å²) in [5.74, 6) is 0. The first-order chi connectivity index (χ1) is 6.36. The number of nitrogens with zero attached hydrogens (tertiary/aromatic N) is 2. The average Bonchev–Trinajstić information content (AvgIpc) is 2.61. The first-order valence-corrected chi connectivity index (χ1v) is 4.60. The summed E-state index contributed by atoms with van der Waals surface area (Å²) in [6.07, 6.45) is 5.49. The van der Waals surface area contributed by atoms with E-state index in [1.54, 1.807) is 10.9 Å². The zero-order valence-electron chi connectivity index (χ0n) is 7.44. The van der Waals surface area contributed by atoms with Gasteiger partial charge in [-0.05, 0) is 19.4 Å². The Morgan fingerprint density at radius 2 is 2.62 bits per heavy atom. The van der Waals surface area contributed by atoms with E-state index in [1.807, 2.05) is 0 Å². The number of hydrogen-bond acceptors (Lipinski definition) is 3. The Hall–Kier alpha value is -1.16. The van der Waals surface area contributed by atoms with Gasteiger partial charge in [0.05, 0.1) is 6.33 Å². The van der Waals surface area contributed by atoms with Gasteiger partial charge in [0.2, 0.25) is 0 Å². The number of hydrogen-bond donors (Lipinski definition) is 1. The summed E-state index contributed by atoms with van der Waals surface area (Å²) in [6.45, 7) is 1.81. The molecule has 0 aliphatic carbocycles. The van der Waals surface area contributed by atoms with Gasteiger partial charge in [-0.25, -0.2) is 4.98 Å². The van der Waals surface area contributed by atoms with Crippen LogP contribution in [0, 0.1) is 0 Å². The topological polar surface area (TPSA) is 46.9 Å². The summed E-state index contributed by atoms with van der Waals surface area (Å²) < 4.78 is 1.66. The van der Waals surface area contributed by atoms with Gasteiger partial charge < -0.3 is 5.32 Å². The quantitative estimate of drug-likeness (QED) is 0.695. The molecule has 13 heavy (non-hydrogen) atoms. The summed E-state index contributed by atoms with van der Waals surface area (Å²) in [5, 5.41) is 3.34. The second-order valence-electron chi connectivity index (χ2n) is 3.36. The fraction of sp³-hybridized carbons (Fsp3) is 0.556. The Labute approximate surface area is 76.6 Å². The fourth-order valence-corrected chi connectivity index (χ4v) is 1.67. The van der Waals surface area contributed by atoms with Gasteiger partial charge in [0.25, 0.3) is 5.56 Å². The van der Waals surface area contributed by atoms with Crippen molar-refractivity contribution in [1.82, 2.24) is 14.9 Å². The molecule has 1 N–H and O–H groups in total. The number of rotatable bonds is 2. The SMILES string of the molecule is O=c1ccncn1C[C@@H]1CCCN1. The molecule has 1 aromatic rings. The van der Waals surface area contributed by atoms with Crippen LogP contribution in [0.25, 0.3) is 0 Å². The Morgan fingerprint density at radius 1 is 1.69 bits per heavy atom. The third kappa shape index (κ3) is 1.95. The van der Waals surface area contributed by atoms with Crippen LogP contribution in [0.5, 0.6) is 0 Å². The van der Waals surface area contributed by atoms with Crippen molar-refractivity contribution in [2.24, 2.45) is 0 Å². The molecule has 4 nitrogen and oxygen atoms in total. The van der Waals surface area contributed by atoms with Gasteiger partial charge in [0, 0.05) is 24.8 Å². The van der Waals surface area contributed by atoms with Crippen molar-refractivity contribution >= 4 is 0 Å². The Kier molecular flexibility index (Phi) is 2.40. The lowest BCUT2D eigenvalue weighted by Crippen LogP contribution is -2.31. The van der Waals surface area contributed by atoms with Crippen LogP contribution in [0.2, 0.25) is 0 Å². The van der Waals surface area contributed by atoms with Crippen LogP contribution >= 0.6 is 0 Å². The second kappa shape index (κ2) is 3.70. The second-order valence-corrected chi connectivity index (χ2v) is 3.36. The van der Waals surface area contributed by atoms with Crippen LogP contribution in [0.15, 0.2) is 23.4 Å². The van der Waals surface area contributed by atoms with Gasteiger partial charge in [0.15, 0.2) is 0 Å². The van der Waals surface area contributed by atoms with Gasteiger partial charge in [-0.1, -0.05) is 0 Å². The molecule has 1 atom stereocenters. The summed E-state index contributed by atoms with van der Waals surface area (Å²) in [5.41, 5.74) is 0.0312. The maximum absolute atomic E-state index is 11.3. The van der Waals surface area contributed by atoms with E-state index in [0.29, 0.717) is 6.04 Å². The highest BCUT2D eigenvalue weighted by Crippen LogP contribution is 2.05. The summed E-state index contributed by atoms with van der Waals surface area (Å²) >= 11 is 0. The minimum absolute atomic E-state index is 0.0312. The number of aromatic nitrogens is 2. The van der Waals surface area contributed by atoms with Gasteiger partial charge in [-0.3, -0.25) is 9.36 Å². The van der Waals surface area contributed by atoms with E-state index in [4.69, 9.17) is 0 Å². The van der Waals surface area contributed by atoms with E-state index in [0.717, 1.165) is 19.5 Å². The third-order valence-electron chi connectivity index (χ3n) is 2.37. The predicted octanol–water partition coefficient (Wildman–Crippen LogP) is -0.00470. The molecule has 0 amide bonds. The Bertz CT molecular complexity index is 328. The maximum atomic E-state index is 11.3. The van der Waals surface area contributed by atoms with E-state index in [1.165, 1.54) is 18.7 Å². The van der Waals surface area contributed by atoms with E-state index in [2.05, 4.69) is 10.3 Å². The highest BCUT2D eigenvalue weighted by Gasteiger charge is 2.14. The maximum Gasteiger partial charge on any atom is 0.253 e. The van der Waals surface area contributed by atoms with E-state index in [-0.39, 0.29) is 5.56 Å². The van der Waals surface area contributed by atoms with Crippen molar-refractivity contribution in [3.63, 3.8) is 0 Å². The van der Waals surface area contributed by atoms with Crippen LogP contribution in [0.4, 0.5) is 0 Å². The van der Waals surface area contributed by atoms with Crippen LogP contribution < -0.4 is 10.9 Å². The summed E-state index contributed by atoms with van der Waals surface area (Å²) in [4.78, 5) is 15.2. The first kappa shape index (κ1) is 8.44. The molecule has 70 valence electrons. The van der Waals surface area contributed by atoms with Gasteiger partial charge in [-0.15, -0.1) is 0 Å². The lowest BCUT2D eigenvalue weighted by Gasteiger charge is -2.10. The summed E-state index contributed by atoms with van der Waals surface area (Å²) in [7, 11) is 0. The highest BCUT2D eigenvalue weighted by molar-refractivity contribution is 4.84. The molecule has 0 saturated carbocycles. The molecule has 4 heteroatoms. The Morgan fingerprint density at radius 3 is 3.31 bits per heavy atom. The number of nitrogens with one attached hydrogen (secondary N) is 1. The molecule has 1 fully saturated rings. The molecule has 0 spiro atoms. The minimum Gasteiger partial charge on any atom is -0.312 e. The summed E-state index contributed by atoms with van der Waals surface area (Å²) in [6, 6.07) is 1.94. The lowest BCUT2D eigenvalue weighted by molar-refractivity contribution is 0.495.